The average Bonchev–Trinajstić information content (AvgIpc) is 2.82. The quantitative estimate of drug-likeness (QED) is 0.727. The average molecular weight is 309 g/mol. The number of benzene rings is 1. The summed E-state index contributed by atoms with van der Waals surface area (Å²) < 4.78 is 7.70. The van der Waals surface area contributed by atoms with E-state index in [9.17, 15) is 0 Å². The molecule has 0 aliphatic carbocycles. The predicted octanol–water partition coefficient (Wildman–Crippen LogP) is 4.23. The lowest BCUT2D eigenvalue weighted by Gasteiger charge is -2.15. The number of hydrogen-bond acceptors (Lipinski definition) is 3. The highest BCUT2D eigenvalue weighted by Crippen LogP contribution is 2.33. The van der Waals surface area contributed by atoms with Gasteiger partial charge in [0.05, 0.1) is 18.5 Å². The van der Waals surface area contributed by atoms with Crippen LogP contribution in [0.15, 0.2) is 18.2 Å². The minimum Gasteiger partial charge on any atom is -0.497 e. The molecule has 1 aromatic carbocycles. The number of nitrogens with zero attached hydrogens (tertiary/aromatic N) is 3. The molecule has 0 atom stereocenters. The second-order valence-corrected chi connectivity index (χ2v) is 5.98. The van der Waals surface area contributed by atoms with E-state index < -0.39 is 0 Å². The minimum absolute atomic E-state index is 0.897. The number of methoxy groups -OCH3 is 1. The number of hydrogen-bond donors (Lipinski definition) is 0. The van der Waals surface area contributed by atoms with Crippen LogP contribution in [0.5, 0.6) is 5.75 Å². The SMILES string of the molecule is CCc1cc(OC)ccc1-n1c(C)c2c(C)nnc(C)c2c1C. The van der Waals surface area contributed by atoms with E-state index in [0.717, 1.165) is 23.6 Å². The van der Waals surface area contributed by atoms with Gasteiger partial charge in [0.2, 0.25) is 0 Å². The number of rotatable bonds is 3. The van der Waals surface area contributed by atoms with Gasteiger partial charge in [-0.1, -0.05) is 6.92 Å². The molecule has 0 radical (unpaired) electrons. The van der Waals surface area contributed by atoms with Gasteiger partial charge in [-0.15, -0.1) is 0 Å². The number of aromatic nitrogens is 3. The molecule has 0 amide bonds. The van der Waals surface area contributed by atoms with Crippen molar-refractivity contribution in [3.63, 3.8) is 0 Å². The van der Waals surface area contributed by atoms with Crippen molar-refractivity contribution in [3.8, 4) is 11.4 Å². The van der Waals surface area contributed by atoms with Gasteiger partial charge >= 0.3 is 0 Å². The normalized spacial score (nSPS) is 11.2. The van der Waals surface area contributed by atoms with Crippen molar-refractivity contribution in [2.75, 3.05) is 7.11 Å². The monoisotopic (exact) mass is 309 g/mol. The van der Waals surface area contributed by atoms with Crippen molar-refractivity contribution in [1.82, 2.24) is 14.8 Å². The summed E-state index contributed by atoms with van der Waals surface area (Å²) in [5, 5.41) is 11.0. The van der Waals surface area contributed by atoms with Crippen LogP contribution in [0, 0.1) is 27.7 Å². The van der Waals surface area contributed by atoms with Gasteiger partial charge in [-0.2, -0.15) is 10.2 Å². The molecule has 2 heterocycles. The molecule has 0 aliphatic heterocycles. The lowest BCUT2D eigenvalue weighted by molar-refractivity contribution is 0.414. The van der Waals surface area contributed by atoms with Gasteiger partial charge in [-0.3, -0.25) is 0 Å². The van der Waals surface area contributed by atoms with E-state index >= 15 is 0 Å². The summed E-state index contributed by atoms with van der Waals surface area (Å²) in [6, 6.07) is 6.28. The van der Waals surface area contributed by atoms with Crippen molar-refractivity contribution in [2.24, 2.45) is 0 Å². The van der Waals surface area contributed by atoms with Crippen molar-refractivity contribution < 1.29 is 4.74 Å². The second kappa shape index (κ2) is 5.69. The Balaban J connectivity index is 2.38. The summed E-state index contributed by atoms with van der Waals surface area (Å²) in [7, 11) is 1.71. The van der Waals surface area contributed by atoms with Crippen LogP contribution in [0.1, 0.15) is 35.3 Å². The zero-order valence-corrected chi connectivity index (χ0v) is 14.7. The van der Waals surface area contributed by atoms with Crippen LogP contribution in [-0.4, -0.2) is 21.9 Å². The van der Waals surface area contributed by atoms with E-state index in [1.807, 2.05) is 19.9 Å². The van der Waals surface area contributed by atoms with Gasteiger partial charge in [-0.25, -0.2) is 0 Å². The fourth-order valence-electron chi connectivity index (χ4n) is 3.52. The Hall–Kier alpha value is -2.36. The number of fused-ring (bicyclic) bond motifs is 1. The van der Waals surface area contributed by atoms with Crippen LogP contribution in [0.3, 0.4) is 0 Å². The smallest absolute Gasteiger partial charge is 0.119 e. The van der Waals surface area contributed by atoms with Crippen molar-refractivity contribution in [3.05, 3.63) is 46.5 Å². The van der Waals surface area contributed by atoms with Crippen molar-refractivity contribution >= 4 is 10.8 Å². The van der Waals surface area contributed by atoms with Gasteiger partial charge in [0.25, 0.3) is 0 Å². The number of aryl methyl sites for hydroxylation is 5. The van der Waals surface area contributed by atoms with E-state index in [-0.39, 0.29) is 0 Å². The Bertz CT molecular complexity index is 849. The van der Waals surface area contributed by atoms with E-state index in [2.05, 4.69) is 47.7 Å². The molecule has 0 saturated heterocycles. The molecule has 0 spiro atoms. The topological polar surface area (TPSA) is 39.9 Å². The Kier molecular flexibility index (Phi) is 3.84. The Labute approximate surface area is 137 Å². The molecule has 120 valence electrons. The molecular formula is C19H23N3O. The van der Waals surface area contributed by atoms with Crippen LogP contribution in [0.2, 0.25) is 0 Å². The van der Waals surface area contributed by atoms with Crippen LogP contribution in [0.4, 0.5) is 0 Å². The first-order chi connectivity index (χ1) is 11.0. The summed E-state index contributed by atoms with van der Waals surface area (Å²) in [4.78, 5) is 0. The van der Waals surface area contributed by atoms with Crippen LogP contribution >= 0.6 is 0 Å². The van der Waals surface area contributed by atoms with Crippen molar-refractivity contribution in [1.29, 1.82) is 0 Å². The molecule has 4 nitrogen and oxygen atoms in total. The third-order valence-corrected chi connectivity index (χ3v) is 4.63. The van der Waals surface area contributed by atoms with Crippen LogP contribution in [-0.2, 0) is 6.42 Å². The van der Waals surface area contributed by atoms with Crippen molar-refractivity contribution in [2.45, 2.75) is 41.0 Å². The third-order valence-electron chi connectivity index (χ3n) is 4.63. The summed E-state index contributed by atoms with van der Waals surface area (Å²) >= 11 is 0. The second-order valence-electron chi connectivity index (χ2n) is 5.98. The Morgan fingerprint density at radius 3 is 2.00 bits per heavy atom. The molecule has 0 aliphatic rings. The van der Waals surface area contributed by atoms with Gasteiger partial charge in [0.15, 0.2) is 0 Å². The largest absolute Gasteiger partial charge is 0.497 e. The first-order valence-corrected chi connectivity index (χ1v) is 7.98. The predicted molar refractivity (Wildman–Crippen MR) is 93.7 cm³/mol. The third kappa shape index (κ3) is 2.29. The maximum absolute atomic E-state index is 5.38. The maximum Gasteiger partial charge on any atom is 0.119 e. The molecule has 2 aromatic heterocycles. The Morgan fingerprint density at radius 1 is 0.957 bits per heavy atom. The van der Waals surface area contributed by atoms with Gasteiger partial charge in [0.1, 0.15) is 5.75 Å². The summed E-state index contributed by atoms with van der Waals surface area (Å²) in [6.45, 7) is 10.5. The zero-order valence-electron chi connectivity index (χ0n) is 14.7. The molecule has 0 N–H and O–H groups in total. The first kappa shape index (κ1) is 15.5. The summed E-state index contributed by atoms with van der Waals surface area (Å²) in [5.74, 6) is 0.897. The van der Waals surface area contributed by atoms with Gasteiger partial charge < -0.3 is 9.30 Å². The summed E-state index contributed by atoms with van der Waals surface area (Å²) in [6.07, 6.45) is 0.953. The number of ether oxygens (including phenoxy) is 1. The van der Waals surface area contributed by atoms with Gasteiger partial charge in [-0.05, 0) is 57.9 Å². The lowest BCUT2D eigenvalue weighted by Crippen LogP contribution is -2.03. The fraction of sp³-hybridized carbons (Fsp3) is 0.368. The maximum atomic E-state index is 5.38. The summed E-state index contributed by atoms with van der Waals surface area (Å²) in [5.41, 5.74) is 6.87. The van der Waals surface area contributed by atoms with E-state index in [0.29, 0.717) is 0 Å². The molecule has 0 saturated carbocycles. The molecular weight excluding hydrogens is 286 g/mol. The molecule has 3 rings (SSSR count). The van der Waals surface area contributed by atoms with Gasteiger partial charge in [0, 0.05) is 27.8 Å². The highest BCUT2D eigenvalue weighted by Gasteiger charge is 2.19. The molecule has 3 aromatic rings. The lowest BCUT2D eigenvalue weighted by atomic mass is 10.1. The standard InChI is InChI=1S/C19H23N3O/c1-7-15-10-16(23-6)8-9-17(15)22-13(4)18-11(2)20-21-12(3)19(18)14(22)5/h8-10H,7H2,1-6H3. The fourth-order valence-corrected chi connectivity index (χ4v) is 3.52. The van der Waals surface area contributed by atoms with Crippen LogP contribution in [0.25, 0.3) is 16.5 Å². The molecule has 0 fully saturated rings. The first-order valence-electron chi connectivity index (χ1n) is 7.98. The highest BCUT2D eigenvalue weighted by atomic mass is 16.5. The zero-order chi connectivity index (χ0) is 16.7. The highest BCUT2D eigenvalue weighted by molar-refractivity contribution is 5.92. The molecule has 23 heavy (non-hydrogen) atoms. The van der Waals surface area contributed by atoms with E-state index in [1.54, 1.807) is 7.11 Å². The van der Waals surface area contributed by atoms with E-state index in [1.165, 1.54) is 33.4 Å². The minimum atomic E-state index is 0.897. The van der Waals surface area contributed by atoms with Crippen LogP contribution < -0.4 is 4.74 Å². The van der Waals surface area contributed by atoms with E-state index in [4.69, 9.17) is 4.74 Å². The molecule has 4 heteroatoms. The molecule has 0 unspecified atom stereocenters. The molecule has 0 bridgehead atoms. The Morgan fingerprint density at radius 2 is 1.52 bits per heavy atom.